The van der Waals surface area contributed by atoms with Crippen LogP contribution < -0.4 is 11.1 Å². The molecule has 1 aromatic carbocycles. The Morgan fingerprint density at radius 1 is 1.43 bits per heavy atom. The third kappa shape index (κ3) is 4.18. The minimum absolute atomic E-state index is 0.180. The zero-order valence-electron chi connectivity index (χ0n) is 11.5. The van der Waals surface area contributed by atoms with Gasteiger partial charge in [0.1, 0.15) is 10.9 Å². The van der Waals surface area contributed by atoms with Crippen LogP contribution in [0, 0.1) is 6.92 Å². The summed E-state index contributed by atoms with van der Waals surface area (Å²) in [7, 11) is 0. The molecule has 2 aromatic rings. The van der Waals surface area contributed by atoms with Gasteiger partial charge in [-0.3, -0.25) is 4.79 Å². The smallest absolute Gasteiger partial charge is 0.241 e. The molecular formula is C15H16ClN3O2. The van der Waals surface area contributed by atoms with Crippen molar-refractivity contribution < 1.29 is 9.90 Å². The summed E-state index contributed by atoms with van der Waals surface area (Å²) in [4.78, 5) is 16.0. The first-order chi connectivity index (χ1) is 9.95. The second-order valence-electron chi connectivity index (χ2n) is 4.80. The average molecular weight is 306 g/mol. The van der Waals surface area contributed by atoms with Gasteiger partial charge >= 0.3 is 0 Å². The molecule has 5 nitrogen and oxygen atoms in total. The summed E-state index contributed by atoms with van der Waals surface area (Å²) >= 11 is 5.83. The molecule has 1 heterocycles. The number of carbonyl (C=O) groups is 1. The van der Waals surface area contributed by atoms with Gasteiger partial charge in [-0.2, -0.15) is 0 Å². The molecule has 1 aromatic heterocycles. The Balaban J connectivity index is 1.98. The van der Waals surface area contributed by atoms with Gasteiger partial charge in [0.25, 0.3) is 0 Å². The van der Waals surface area contributed by atoms with Crippen LogP contribution >= 0.6 is 11.6 Å². The van der Waals surface area contributed by atoms with E-state index >= 15 is 0 Å². The minimum Gasteiger partial charge on any atom is -0.508 e. The predicted octanol–water partition coefficient (Wildman–Crippen LogP) is 2.26. The normalized spacial score (nSPS) is 12.0. The number of hydrogen-bond donors (Lipinski definition) is 3. The Morgan fingerprint density at radius 2 is 2.10 bits per heavy atom. The molecule has 4 N–H and O–H groups in total. The van der Waals surface area contributed by atoms with Crippen LogP contribution in [-0.4, -0.2) is 22.0 Å². The van der Waals surface area contributed by atoms with Crippen molar-refractivity contribution in [1.82, 2.24) is 4.98 Å². The maximum atomic E-state index is 12.0. The molecular weight excluding hydrogens is 290 g/mol. The molecule has 2 rings (SSSR count). The average Bonchev–Trinajstić information content (AvgIpc) is 2.45. The van der Waals surface area contributed by atoms with Gasteiger partial charge < -0.3 is 16.2 Å². The first-order valence-electron chi connectivity index (χ1n) is 6.42. The van der Waals surface area contributed by atoms with Crippen LogP contribution in [0.5, 0.6) is 5.75 Å². The Labute approximate surface area is 127 Å². The predicted molar refractivity (Wildman–Crippen MR) is 82.4 cm³/mol. The van der Waals surface area contributed by atoms with Gasteiger partial charge in [0.05, 0.1) is 17.9 Å². The number of phenols is 1. The van der Waals surface area contributed by atoms with Crippen LogP contribution in [0.1, 0.15) is 11.1 Å². The molecule has 0 saturated carbocycles. The quantitative estimate of drug-likeness (QED) is 0.756. The van der Waals surface area contributed by atoms with E-state index in [0.717, 1.165) is 11.1 Å². The number of halogens is 1. The van der Waals surface area contributed by atoms with Crippen LogP contribution in [0.15, 0.2) is 36.5 Å². The number of anilines is 1. The van der Waals surface area contributed by atoms with Crippen LogP contribution in [0.25, 0.3) is 0 Å². The fourth-order valence-corrected chi connectivity index (χ4v) is 1.94. The van der Waals surface area contributed by atoms with Gasteiger partial charge in [-0.05, 0) is 42.7 Å². The largest absolute Gasteiger partial charge is 0.508 e. The molecule has 1 atom stereocenters. The molecule has 110 valence electrons. The number of carbonyl (C=O) groups excluding carboxylic acids is 1. The summed E-state index contributed by atoms with van der Waals surface area (Å²) in [5.41, 5.74) is 8.10. The molecule has 0 aliphatic rings. The highest BCUT2D eigenvalue weighted by Crippen LogP contribution is 2.16. The summed E-state index contributed by atoms with van der Waals surface area (Å²) in [6.45, 7) is 1.81. The number of aromatic hydroxyl groups is 1. The van der Waals surface area contributed by atoms with E-state index in [1.807, 2.05) is 0 Å². The van der Waals surface area contributed by atoms with Crippen LogP contribution in [0.4, 0.5) is 5.69 Å². The maximum absolute atomic E-state index is 12.0. The van der Waals surface area contributed by atoms with Crippen molar-refractivity contribution in [3.8, 4) is 5.75 Å². The van der Waals surface area contributed by atoms with E-state index in [9.17, 15) is 9.90 Å². The minimum atomic E-state index is -0.689. The third-order valence-corrected chi connectivity index (χ3v) is 3.41. The number of nitrogens with zero attached hydrogens (tertiary/aromatic N) is 1. The van der Waals surface area contributed by atoms with E-state index in [2.05, 4.69) is 10.3 Å². The van der Waals surface area contributed by atoms with Crippen molar-refractivity contribution in [1.29, 1.82) is 0 Å². The van der Waals surface area contributed by atoms with Crippen LogP contribution in [-0.2, 0) is 11.2 Å². The zero-order chi connectivity index (χ0) is 15.4. The number of benzene rings is 1. The Kier molecular flexibility index (Phi) is 4.77. The van der Waals surface area contributed by atoms with Crippen molar-refractivity contribution in [2.24, 2.45) is 5.73 Å². The Bertz CT molecular complexity index is 644. The highest BCUT2D eigenvalue weighted by atomic mass is 35.5. The SMILES string of the molecule is Cc1cc(NC(=O)[C@H](N)Cc2ccc(O)cc2)cnc1Cl. The molecule has 21 heavy (non-hydrogen) atoms. The van der Waals surface area contributed by atoms with Crippen molar-refractivity contribution in [3.63, 3.8) is 0 Å². The van der Waals surface area contributed by atoms with Crippen LogP contribution in [0.3, 0.4) is 0 Å². The molecule has 0 radical (unpaired) electrons. The van der Waals surface area contributed by atoms with Gasteiger partial charge in [0.15, 0.2) is 0 Å². The van der Waals surface area contributed by atoms with Crippen molar-refractivity contribution in [2.45, 2.75) is 19.4 Å². The number of nitrogens with two attached hydrogens (primary N) is 1. The highest BCUT2D eigenvalue weighted by Gasteiger charge is 2.14. The lowest BCUT2D eigenvalue weighted by Gasteiger charge is -2.13. The van der Waals surface area contributed by atoms with Gasteiger partial charge in [-0.1, -0.05) is 23.7 Å². The molecule has 0 saturated heterocycles. The van der Waals surface area contributed by atoms with Gasteiger partial charge in [-0.15, -0.1) is 0 Å². The van der Waals surface area contributed by atoms with E-state index < -0.39 is 6.04 Å². The summed E-state index contributed by atoms with van der Waals surface area (Å²) in [5.74, 6) is -0.119. The monoisotopic (exact) mass is 305 g/mol. The zero-order valence-corrected chi connectivity index (χ0v) is 12.3. The third-order valence-electron chi connectivity index (χ3n) is 3.01. The molecule has 0 bridgehead atoms. The first-order valence-corrected chi connectivity index (χ1v) is 6.80. The standard InChI is InChI=1S/C15H16ClN3O2/c1-9-6-11(8-18-14(9)16)19-15(21)13(17)7-10-2-4-12(20)5-3-10/h2-6,8,13,20H,7,17H2,1H3,(H,19,21)/t13-/m1/s1. The molecule has 0 spiro atoms. The highest BCUT2D eigenvalue weighted by molar-refractivity contribution is 6.30. The number of pyridine rings is 1. The number of aromatic nitrogens is 1. The van der Waals surface area contributed by atoms with E-state index in [1.54, 1.807) is 37.3 Å². The summed E-state index contributed by atoms with van der Waals surface area (Å²) in [6.07, 6.45) is 1.87. The lowest BCUT2D eigenvalue weighted by molar-refractivity contribution is -0.117. The number of phenolic OH excluding ortho intramolecular Hbond substituents is 1. The van der Waals surface area contributed by atoms with Crippen molar-refractivity contribution in [3.05, 3.63) is 52.8 Å². The van der Waals surface area contributed by atoms with E-state index in [4.69, 9.17) is 17.3 Å². The van der Waals surface area contributed by atoms with Gasteiger partial charge in [-0.25, -0.2) is 4.98 Å². The number of amides is 1. The van der Waals surface area contributed by atoms with E-state index in [0.29, 0.717) is 17.3 Å². The fourth-order valence-electron chi connectivity index (χ4n) is 1.84. The lowest BCUT2D eigenvalue weighted by atomic mass is 10.1. The Morgan fingerprint density at radius 3 is 2.71 bits per heavy atom. The number of aryl methyl sites for hydroxylation is 1. The van der Waals surface area contributed by atoms with E-state index in [1.165, 1.54) is 6.20 Å². The van der Waals surface area contributed by atoms with Gasteiger partial charge in [0, 0.05) is 0 Å². The fraction of sp³-hybridized carbons (Fsp3) is 0.200. The molecule has 0 aliphatic heterocycles. The maximum Gasteiger partial charge on any atom is 0.241 e. The van der Waals surface area contributed by atoms with Crippen molar-refractivity contribution >= 4 is 23.2 Å². The van der Waals surface area contributed by atoms with Crippen molar-refractivity contribution in [2.75, 3.05) is 5.32 Å². The van der Waals surface area contributed by atoms with Crippen LogP contribution in [0.2, 0.25) is 5.15 Å². The topological polar surface area (TPSA) is 88.2 Å². The van der Waals surface area contributed by atoms with E-state index in [-0.39, 0.29) is 11.7 Å². The summed E-state index contributed by atoms with van der Waals surface area (Å²) in [5, 5.41) is 12.3. The molecule has 0 aliphatic carbocycles. The summed E-state index contributed by atoms with van der Waals surface area (Å²) < 4.78 is 0. The lowest BCUT2D eigenvalue weighted by Crippen LogP contribution is -2.37. The van der Waals surface area contributed by atoms with Gasteiger partial charge in [0.2, 0.25) is 5.91 Å². The Hall–Kier alpha value is -2.11. The first kappa shape index (κ1) is 15.3. The number of hydrogen-bond acceptors (Lipinski definition) is 4. The molecule has 1 amide bonds. The molecule has 6 heteroatoms. The second-order valence-corrected chi connectivity index (χ2v) is 5.16. The number of rotatable bonds is 4. The number of nitrogens with one attached hydrogen (secondary N) is 1. The molecule has 0 fully saturated rings. The summed E-state index contributed by atoms with van der Waals surface area (Å²) in [6, 6.07) is 7.64. The molecule has 0 unspecified atom stereocenters. The second kappa shape index (κ2) is 6.56.